The Hall–Kier alpha value is -1.35. The van der Waals surface area contributed by atoms with Crippen molar-refractivity contribution in [3.8, 4) is 0 Å². The molecular weight excluding hydrogens is 212 g/mol. The summed E-state index contributed by atoms with van der Waals surface area (Å²) in [7, 11) is 0. The van der Waals surface area contributed by atoms with Crippen LogP contribution in [0.4, 0.5) is 0 Å². The molecule has 0 heterocycles. The fourth-order valence-electron chi connectivity index (χ4n) is 1.80. The van der Waals surface area contributed by atoms with Gasteiger partial charge in [0.05, 0.1) is 5.92 Å². The average Bonchev–Trinajstić information content (AvgIpc) is 2.28. The zero-order valence-corrected chi connectivity index (χ0v) is 10.9. The first kappa shape index (κ1) is 13.7. The molecule has 0 aliphatic rings. The van der Waals surface area contributed by atoms with Crippen molar-refractivity contribution in [3.63, 3.8) is 0 Å². The first-order chi connectivity index (χ1) is 8.06. The fraction of sp³-hybridized carbons (Fsp3) is 0.500. The minimum atomic E-state index is -0.0981. The third-order valence-corrected chi connectivity index (χ3v) is 3.11. The number of carbonyl (C=O) groups is 1. The fourth-order valence-corrected chi connectivity index (χ4v) is 1.80. The van der Waals surface area contributed by atoms with Crippen LogP contribution in [0.5, 0.6) is 0 Å². The highest BCUT2D eigenvalue weighted by atomic mass is 16.1. The summed E-state index contributed by atoms with van der Waals surface area (Å²) in [6.07, 6.45) is 0. The molecule has 1 unspecified atom stereocenters. The van der Waals surface area contributed by atoms with Crippen LogP contribution in [-0.2, 0) is 11.3 Å². The maximum Gasteiger partial charge on any atom is 0.224 e. The van der Waals surface area contributed by atoms with Gasteiger partial charge in [-0.1, -0.05) is 38.1 Å². The van der Waals surface area contributed by atoms with E-state index in [0.717, 1.165) is 5.56 Å². The lowest BCUT2D eigenvalue weighted by Gasteiger charge is -2.18. The summed E-state index contributed by atoms with van der Waals surface area (Å²) in [6.45, 7) is 7.06. The van der Waals surface area contributed by atoms with Crippen LogP contribution in [0.1, 0.15) is 25.0 Å². The van der Waals surface area contributed by atoms with E-state index in [1.807, 2.05) is 45.0 Å². The molecule has 1 rings (SSSR count). The second kappa shape index (κ2) is 6.40. The van der Waals surface area contributed by atoms with E-state index in [1.165, 1.54) is 5.56 Å². The highest BCUT2D eigenvalue weighted by Gasteiger charge is 2.19. The molecule has 0 bridgehead atoms. The van der Waals surface area contributed by atoms with Gasteiger partial charge in [-0.15, -0.1) is 0 Å². The Morgan fingerprint density at radius 1 is 1.35 bits per heavy atom. The van der Waals surface area contributed by atoms with Gasteiger partial charge in [0.25, 0.3) is 0 Å². The highest BCUT2D eigenvalue weighted by molar-refractivity contribution is 5.79. The normalized spacial score (nSPS) is 12.5. The van der Waals surface area contributed by atoms with Crippen molar-refractivity contribution >= 4 is 5.91 Å². The predicted molar refractivity (Wildman–Crippen MR) is 70.4 cm³/mol. The lowest BCUT2D eigenvalue weighted by atomic mass is 9.95. The zero-order valence-electron chi connectivity index (χ0n) is 10.9. The second-order valence-corrected chi connectivity index (χ2v) is 4.73. The van der Waals surface area contributed by atoms with Crippen molar-refractivity contribution in [2.45, 2.75) is 27.3 Å². The van der Waals surface area contributed by atoms with Crippen LogP contribution >= 0.6 is 0 Å². The second-order valence-electron chi connectivity index (χ2n) is 4.73. The van der Waals surface area contributed by atoms with E-state index >= 15 is 0 Å². The van der Waals surface area contributed by atoms with Crippen molar-refractivity contribution in [2.24, 2.45) is 17.6 Å². The monoisotopic (exact) mass is 234 g/mol. The van der Waals surface area contributed by atoms with Crippen LogP contribution in [-0.4, -0.2) is 12.5 Å². The topological polar surface area (TPSA) is 55.1 Å². The van der Waals surface area contributed by atoms with Crippen molar-refractivity contribution in [1.29, 1.82) is 0 Å². The molecule has 1 atom stereocenters. The zero-order chi connectivity index (χ0) is 12.8. The molecular formula is C14H22N2O. The van der Waals surface area contributed by atoms with Crippen molar-refractivity contribution in [2.75, 3.05) is 6.54 Å². The number of aryl methyl sites for hydroxylation is 1. The Labute approximate surface area is 103 Å². The van der Waals surface area contributed by atoms with E-state index in [4.69, 9.17) is 5.73 Å². The summed E-state index contributed by atoms with van der Waals surface area (Å²) in [4.78, 5) is 11.9. The van der Waals surface area contributed by atoms with Crippen LogP contribution in [0, 0.1) is 18.8 Å². The molecule has 0 aliphatic carbocycles. The van der Waals surface area contributed by atoms with Gasteiger partial charge in [-0.05, 0) is 24.0 Å². The predicted octanol–water partition coefficient (Wildman–Crippen LogP) is 1.84. The van der Waals surface area contributed by atoms with Gasteiger partial charge in [-0.3, -0.25) is 4.79 Å². The number of benzene rings is 1. The lowest BCUT2D eigenvalue weighted by Crippen LogP contribution is -2.37. The Morgan fingerprint density at radius 2 is 2.00 bits per heavy atom. The Balaban J connectivity index is 2.56. The van der Waals surface area contributed by atoms with Crippen LogP contribution in [0.2, 0.25) is 0 Å². The quantitative estimate of drug-likeness (QED) is 0.817. The maximum atomic E-state index is 11.9. The summed E-state index contributed by atoms with van der Waals surface area (Å²) in [5, 5.41) is 2.95. The first-order valence-corrected chi connectivity index (χ1v) is 6.08. The lowest BCUT2D eigenvalue weighted by molar-refractivity contribution is -0.126. The summed E-state index contributed by atoms with van der Waals surface area (Å²) in [6, 6.07) is 8.06. The largest absolute Gasteiger partial charge is 0.352 e. The van der Waals surface area contributed by atoms with E-state index in [2.05, 4.69) is 5.32 Å². The molecule has 0 saturated heterocycles. The molecule has 1 aromatic carbocycles. The summed E-state index contributed by atoms with van der Waals surface area (Å²) >= 11 is 0. The number of carbonyl (C=O) groups excluding carboxylic acids is 1. The highest BCUT2D eigenvalue weighted by Crippen LogP contribution is 2.10. The molecule has 1 aromatic rings. The third kappa shape index (κ3) is 3.86. The van der Waals surface area contributed by atoms with E-state index in [0.29, 0.717) is 13.1 Å². The Morgan fingerprint density at radius 3 is 2.53 bits per heavy atom. The van der Waals surface area contributed by atoms with Gasteiger partial charge in [-0.25, -0.2) is 0 Å². The van der Waals surface area contributed by atoms with Gasteiger partial charge >= 0.3 is 0 Å². The molecule has 0 radical (unpaired) electrons. The first-order valence-electron chi connectivity index (χ1n) is 6.08. The molecule has 0 aliphatic heterocycles. The molecule has 3 nitrogen and oxygen atoms in total. The molecule has 0 fully saturated rings. The van der Waals surface area contributed by atoms with Gasteiger partial charge in [-0.2, -0.15) is 0 Å². The third-order valence-electron chi connectivity index (χ3n) is 3.11. The van der Waals surface area contributed by atoms with Crippen LogP contribution in [0.15, 0.2) is 24.3 Å². The molecule has 94 valence electrons. The van der Waals surface area contributed by atoms with Gasteiger partial charge in [0.2, 0.25) is 5.91 Å². The molecule has 1 amide bonds. The number of rotatable bonds is 5. The average molecular weight is 234 g/mol. The molecule has 17 heavy (non-hydrogen) atoms. The number of hydrogen-bond donors (Lipinski definition) is 2. The minimum absolute atomic E-state index is 0.0470. The molecule has 3 heteroatoms. The number of nitrogens with one attached hydrogen (secondary N) is 1. The van der Waals surface area contributed by atoms with E-state index < -0.39 is 0 Å². The van der Waals surface area contributed by atoms with Crippen molar-refractivity contribution < 1.29 is 4.79 Å². The number of nitrogens with two attached hydrogens (primary N) is 1. The standard InChI is InChI=1S/C14H22N2O/c1-10(2)13(8-15)14(17)16-9-12-7-5-4-6-11(12)3/h4-7,10,13H,8-9,15H2,1-3H3,(H,16,17). The molecule has 3 N–H and O–H groups in total. The van der Waals surface area contributed by atoms with Crippen molar-refractivity contribution in [1.82, 2.24) is 5.32 Å². The number of hydrogen-bond acceptors (Lipinski definition) is 2. The molecule has 0 saturated carbocycles. The van der Waals surface area contributed by atoms with E-state index in [9.17, 15) is 4.79 Å². The minimum Gasteiger partial charge on any atom is -0.352 e. The Bertz CT molecular complexity index is 374. The summed E-state index contributed by atoms with van der Waals surface area (Å²) < 4.78 is 0. The SMILES string of the molecule is Cc1ccccc1CNC(=O)C(CN)C(C)C. The van der Waals surface area contributed by atoms with Crippen molar-refractivity contribution in [3.05, 3.63) is 35.4 Å². The summed E-state index contributed by atoms with van der Waals surface area (Å²) in [5.41, 5.74) is 7.96. The van der Waals surface area contributed by atoms with Crippen LogP contribution in [0.3, 0.4) is 0 Å². The molecule has 0 aromatic heterocycles. The van der Waals surface area contributed by atoms with E-state index in [-0.39, 0.29) is 17.7 Å². The smallest absolute Gasteiger partial charge is 0.224 e. The van der Waals surface area contributed by atoms with Gasteiger partial charge in [0.15, 0.2) is 0 Å². The maximum absolute atomic E-state index is 11.9. The summed E-state index contributed by atoms with van der Waals surface area (Å²) in [5.74, 6) is 0.224. The number of amides is 1. The van der Waals surface area contributed by atoms with Crippen LogP contribution in [0.25, 0.3) is 0 Å². The Kier molecular flexibility index (Phi) is 5.16. The van der Waals surface area contributed by atoms with E-state index in [1.54, 1.807) is 0 Å². The van der Waals surface area contributed by atoms with Gasteiger partial charge in [0.1, 0.15) is 0 Å². The molecule has 0 spiro atoms. The van der Waals surface area contributed by atoms with Crippen LogP contribution < -0.4 is 11.1 Å². The van der Waals surface area contributed by atoms with Gasteiger partial charge < -0.3 is 11.1 Å². The van der Waals surface area contributed by atoms with Gasteiger partial charge in [0, 0.05) is 13.1 Å².